The van der Waals surface area contributed by atoms with Gasteiger partial charge in [-0.15, -0.1) is 0 Å². The van der Waals surface area contributed by atoms with E-state index in [0.29, 0.717) is 25.5 Å². The third-order valence-electron chi connectivity index (χ3n) is 6.82. The Morgan fingerprint density at radius 1 is 1.32 bits per heavy atom. The monoisotopic (exact) mass is 466 g/mol. The molecule has 182 valence electrons. The molecule has 2 aliphatic rings. The van der Waals surface area contributed by atoms with Crippen molar-refractivity contribution in [3.8, 4) is 5.88 Å². The Morgan fingerprint density at radius 2 is 2.12 bits per heavy atom. The van der Waals surface area contributed by atoms with Crippen LogP contribution >= 0.6 is 0 Å². The third kappa shape index (κ3) is 5.39. The maximum atomic E-state index is 13.2. The third-order valence-corrected chi connectivity index (χ3v) is 6.82. The molecular formula is C26H34N4O4. The Balaban J connectivity index is 1.48. The number of carbonyl (C=O) groups is 2. The average molecular weight is 467 g/mol. The lowest BCUT2D eigenvalue weighted by Gasteiger charge is -2.33. The number of hydrogen-bond acceptors (Lipinski definition) is 7. The zero-order valence-corrected chi connectivity index (χ0v) is 20.0. The number of benzene rings is 1. The highest BCUT2D eigenvalue weighted by Gasteiger charge is 2.29. The fourth-order valence-electron chi connectivity index (χ4n) is 5.01. The number of aromatic nitrogens is 1. The van der Waals surface area contributed by atoms with Crippen LogP contribution in [0.5, 0.6) is 5.88 Å². The molecule has 2 atom stereocenters. The van der Waals surface area contributed by atoms with E-state index < -0.39 is 0 Å². The maximum Gasteiger partial charge on any atom is 0.260 e. The molecule has 1 aromatic heterocycles. The highest BCUT2D eigenvalue weighted by molar-refractivity contribution is 5.78. The quantitative estimate of drug-likeness (QED) is 0.566. The van der Waals surface area contributed by atoms with Gasteiger partial charge >= 0.3 is 0 Å². The summed E-state index contributed by atoms with van der Waals surface area (Å²) in [6.45, 7) is 5.13. The average Bonchev–Trinajstić information content (AvgIpc) is 3.27. The molecular weight excluding hydrogens is 432 g/mol. The lowest BCUT2D eigenvalue weighted by atomic mass is 10.0. The minimum Gasteiger partial charge on any atom is -0.467 e. The molecule has 34 heavy (non-hydrogen) atoms. The molecule has 0 radical (unpaired) electrons. The number of β-amino-alcohol motifs (C(OH)–C–C–N with tert-alkyl or cyclic N) is 1. The number of fused-ring (bicyclic) bond motifs is 1. The fraction of sp³-hybridized carbons (Fsp3) is 0.500. The number of pyridine rings is 1. The molecule has 0 spiro atoms. The predicted octanol–water partition coefficient (Wildman–Crippen LogP) is 1.99. The summed E-state index contributed by atoms with van der Waals surface area (Å²) in [4.78, 5) is 34.8. The smallest absolute Gasteiger partial charge is 0.260 e. The van der Waals surface area contributed by atoms with E-state index in [1.807, 2.05) is 37.3 Å². The van der Waals surface area contributed by atoms with Gasteiger partial charge in [0, 0.05) is 45.0 Å². The second-order valence-electron chi connectivity index (χ2n) is 9.21. The molecule has 3 heterocycles. The molecule has 1 saturated heterocycles. The fourth-order valence-corrected chi connectivity index (χ4v) is 5.01. The highest BCUT2D eigenvalue weighted by Crippen LogP contribution is 2.35. The number of likely N-dealkylation sites (N-methyl/N-ethyl adjacent to an activating group) is 1. The summed E-state index contributed by atoms with van der Waals surface area (Å²) >= 11 is 0. The first kappa shape index (κ1) is 24.2. The molecule has 2 aliphatic heterocycles. The van der Waals surface area contributed by atoms with Crippen LogP contribution in [0.4, 0.5) is 5.69 Å². The summed E-state index contributed by atoms with van der Waals surface area (Å²) in [5.41, 5.74) is 4.02. The standard InChI is InChI=1S/C26H34N4O4/c1-19-15-27-26(22-9-6-11-30(13-14-31)25(19)22)34-18-24(33)28(2)23(20-7-4-3-5-8-20)17-29-12-10-21(32)16-29/h3-5,7-8,14-15,21,23,32H,6,9-13,16-18H2,1-2H3/t21-,23?/m0/s1. The minimum absolute atomic E-state index is 0.112. The van der Waals surface area contributed by atoms with Gasteiger partial charge in [0.1, 0.15) is 6.29 Å². The van der Waals surface area contributed by atoms with Gasteiger partial charge in [0.2, 0.25) is 5.88 Å². The second kappa shape index (κ2) is 11.0. The summed E-state index contributed by atoms with van der Waals surface area (Å²) in [7, 11) is 1.81. The van der Waals surface area contributed by atoms with Crippen molar-refractivity contribution >= 4 is 17.9 Å². The van der Waals surface area contributed by atoms with Crippen LogP contribution in [0.2, 0.25) is 0 Å². The molecule has 1 fully saturated rings. The van der Waals surface area contributed by atoms with Gasteiger partial charge in [0.25, 0.3) is 5.91 Å². The number of likely N-dealkylation sites (tertiary alicyclic amines) is 1. The molecule has 0 saturated carbocycles. The van der Waals surface area contributed by atoms with Gasteiger partial charge in [0.15, 0.2) is 6.61 Å². The van der Waals surface area contributed by atoms with E-state index in [4.69, 9.17) is 4.74 Å². The number of nitrogens with zero attached hydrogens (tertiary/aromatic N) is 4. The van der Waals surface area contributed by atoms with E-state index in [9.17, 15) is 14.7 Å². The van der Waals surface area contributed by atoms with Crippen molar-refractivity contribution in [2.75, 3.05) is 51.3 Å². The van der Waals surface area contributed by atoms with Gasteiger partial charge < -0.3 is 24.4 Å². The van der Waals surface area contributed by atoms with Crippen molar-refractivity contribution in [1.82, 2.24) is 14.8 Å². The Kier molecular flexibility index (Phi) is 7.80. The summed E-state index contributed by atoms with van der Waals surface area (Å²) in [5.74, 6) is 0.335. The zero-order valence-electron chi connectivity index (χ0n) is 20.0. The summed E-state index contributed by atoms with van der Waals surface area (Å²) in [6.07, 6.45) is 4.83. The van der Waals surface area contributed by atoms with Crippen LogP contribution in [-0.2, 0) is 16.0 Å². The van der Waals surface area contributed by atoms with E-state index in [1.54, 1.807) is 18.1 Å². The molecule has 8 heteroatoms. The number of ether oxygens (including phenoxy) is 1. The van der Waals surface area contributed by atoms with Gasteiger partial charge in [-0.3, -0.25) is 9.69 Å². The van der Waals surface area contributed by atoms with Crippen LogP contribution in [0.3, 0.4) is 0 Å². The first-order valence-corrected chi connectivity index (χ1v) is 12.0. The van der Waals surface area contributed by atoms with Crippen LogP contribution in [0.15, 0.2) is 36.5 Å². The first-order chi connectivity index (χ1) is 16.5. The van der Waals surface area contributed by atoms with Crippen LogP contribution in [0.25, 0.3) is 0 Å². The van der Waals surface area contributed by atoms with Crippen LogP contribution in [0.1, 0.15) is 35.6 Å². The molecule has 1 aromatic carbocycles. The molecule has 0 bridgehead atoms. The van der Waals surface area contributed by atoms with E-state index in [0.717, 1.165) is 61.0 Å². The number of aliphatic hydroxyl groups is 1. The lowest BCUT2D eigenvalue weighted by Crippen LogP contribution is -2.41. The van der Waals surface area contributed by atoms with Crippen molar-refractivity contribution in [1.29, 1.82) is 0 Å². The molecule has 2 aromatic rings. The number of aliphatic hydroxyl groups excluding tert-OH is 1. The maximum absolute atomic E-state index is 13.2. The predicted molar refractivity (Wildman–Crippen MR) is 130 cm³/mol. The van der Waals surface area contributed by atoms with E-state index in [-0.39, 0.29) is 24.7 Å². The van der Waals surface area contributed by atoms with Gasteiger partial charge in [0.05, 0.1) is 24.4 Å². The van der Waals surface area contributed by atoms with Crippen molar-refractivity contribution in [2.24, 2.45) is 0 Å². The van der Waals surface area contributed by atoms with Crippen molar-refractivity contribution in [3.05, 3.63) is 53.2 Å². The molecule has 1 amide bonds. The van der Waals surface area contributed by atoms with Crippen LogP contribution < -0.4 is 9.64 Å². The Morgan fingerprint density at radius 3 is 2.82 bits per heavy atom. The highest BCUT2D eigenvalue weighted by atomic mass is 16.5. The summed E-state index contributed by atoms with van der Waals surface area (Å²) < 4.78 is 5.97. The van der Waals surface area contributed by atoms with Gasteiger partial charge in [-0.2, -0.15) is 0 Å². The molecule has 8 nitrogen and oxygen atoms in total. The van der Waals surface area contributed by atoms with Gasteiger partial charge in [-0.25, -0.2) is 4.98 Å². The Bertz CT molecular complexity index is 1000. The number of anilines is 1. The van der Waals surface area contributed by atoms with Gasteiger partial charge in [-0.1, -0.05) is 30.3 Å². The Hall–Kier alpha value is -2.97. The topological polar surface area (TPSA) is 86.2 Å². The van der Waals surface area contributed by atoms with Crippen molar-refractivity contribution in [3.63, 3.8) is 0 Å². The normalized spacial score (nSPS) is 18.9. The summed E-state index contributed by atoms with van der Waals surface area (Å²) in [5, 5.41) is 9.94. The number of hydrogen-bond donors (Lipinski definition) is 1. The summed E-state index contributed by atoms with van der Waals surface area (Å²) in [6, 6.07) is 9.83. The number of amides is 1. The molecule has 4 rings (SSSR count). The van der Waals surface area contributed by atoms with Crippen LogP contribution in [0, 0.1) is 6.92 Å². The van der Waals surface area contributed by atoms with Crippen LogP contribution in [-0.4, -0.2) is 84.6 Å². The molecule has 0 aliphatic carbocycles. The molecule has 1 N–H and O–H groups in total. The zero-order chi connectivity index (χ0) is 24.1. The van der Waals surface area contributed by atoms with E-state index in [2.05, 4.69) is 14.8 Å². The first-order valence-electron chi connectivity index (χ1n) is 12.0. The van der Waals surface area contributed by atoms with Gasteiger partial charge in [-0.05, 0) is 37.3 Å². The number of aryl methyl sites for hydroxylation is 1. The number of aldehydes is 1. The molecule has 1 unspecified atom stereocenters. The Labute approximate surface area is 201 Å². The minimum atomic E-state index is -0.307. The lowest BCUT2D eigenvalue weighted by molar-refractivity contribution is -0.134. The number of carbonyl (C=O) groups excluding carboxylic acids is 2. The number of rotatable bonds is 9. The second-order valence-corrected chi connectivity index (χ2v) is 9.21. The van der Waals surface area contributed by atoms with Crippen molar-refractivity contribution in [2.45, 2.75) is 38.3 Å². The van der Waals surface area contributed by atoms with E-state index in [1.165, 1.54) is 0 Å². The largest absolute Gasteiger partial charge is 0.467 e. The van der Waals surface area contributed by atoms with E-state index >= 15 is 0 Å². The van der Waals surface area contributed by atoms with Crippen molar-refractivity contribution < 1.29 is 19.4 Å². The SMILES string of the molecule is Cc1cnc(OCC(=O)N(C)C(CN2CC[C@H](O)C2)c2ccccc2)c2c1N(CC=O)CCC2.